The molecule has 98 valence electrons. The first-order valence-corrected chi connectivity index (χ1v) is 7.44. The summed E-state index contributed by atoms with van der Waals surface area (Å²) < 4.78 is 0. The number of hydrogen-bond acceptors (Lipinski definition) is 3. The van der Waals surface area contributed by atoms with Gasteiger partial charge in [-0.1, -0.05) is 25.8 Å². The van der Waals surface area contributed by atoms with Gasteiger partial charge in [0, 0.05) is 17.1 Å². The maximum absolute atomic E-state index is 11.4. The van der Waals surface area contributed by atoms with Crippen LogP contribution in [0.4, 0.5) is 5.69 Å². The highest BCUT2D eigenvalue weighted by Crippen LogP contribution is 2.33. The standard InChI is InChI=1S/C14H19NO2S/c1-2-18-12-5-3-4-11(13(12)14(16)17)15-9-8-10-6-7-10/h3-5,10,15H,2,6-9H2,1H3,(H,16,17). The summed E-state index contributed by atoms with van der Waals surface area (Å²) in [6.45, 7) is 2.90. The Kier molecular flexibility index (Phi) is 4.53. The summed E-state index contributed by atoms with van der Waals surface area (Å²) in [4.78, 5) is 12.2. The Bertz CT molecular complexity index is 430. The van der Waals surface area contributed by atoms with Gasteiger partial charge in [0.15, 0.2) is 0 Å². The van der Waals surface area contributed by atoms with Gasteiger partial charge in [0.2, 0.25) is 0 Å². The zero-order valence-corrected chi connectivity index (χ0v) is 11.4. The predicted octanol–water partition coefficient (Wildman–Crippen LogP) is 3.71. The van der Waals surface area contributed by atoms with Crippen LogP contribution in [0.15, 0.2) is 23.1 Å². The molecule has 1 fully saturated rings. The van der Waals surface area contributed by atoms with E-state index in [1.54, 1.807) is 11.8 Å². The fourth-order valence-corrected chi connectivity index (χ4v) is 2.82. The molecule has 0 aliphatic heterocycles. The highest BCUT2D eigenvalue weighted by molar-refractivity contribution is 7.99. The van der Waals surface area contributed by atoms with Gasteiger partial charge in [-0.3, -0.25) is 0 Å². The van der Waals surface area contributed by atoms with Crippen molar-refractivity contribution in [3.63, 3.8) is 0 Å². The van der Waals surface area contributed by atoms with Gasteiger partial charge in [0.05, 0.1) is 5.56 Å². The van der Waals surface area contributed by atoms with E-state index in [0.29, 0.717) is 5.56 Å². The Morgan fingerprint density at radius 2 is 2.28 bits per heavy atom. The van der Waals surface area contributed by atoms with Crippen LogP contribution in [-0.4, -0.2) is 23.4 Å². The molecule has 0 spiro atoms. The lowest BCUT2D eigenvalue weighted by Crippen LogP contribution is -2.09. The smallest absolute Gasteiger partial charge is 0.338 e. The number of carboxylic acid groups (broad SMARTS) is 1. The average molecular weight is 265 g/mol. The maximum Gasteiger partial charge on any atom is 0.338 e. The lowest BCUT2D eigenvalue weighted by molar-refractivity contribution is 0.0694. The molecule has 1 aromatic rings. The number of hydrogen-bond donors (Lipinski definition) is 2. The van der Waals surface area contributed by atoms with Crippen molar-refractivity contribution < 1.29 is 9.90 Å². The Balaban J connectivity index is 2.10. The second-order valence-electron chi connectivity index (χ2n) is 4.58. The van der Waals surface area contributed by atoms with Crippen molar-refractivity contribution in [3.05, 3.63) is 23.8 Å². The second-order valence-corrected chi connectivity index (χ2v) is 5.88. The molecule has 0 atom stereocenters. The highest BCUT2D eigenvalue weighted by Gasteiger charge is 2.21. The van der Waals surface area contributed by atoms with Crippen LogP contribution in [0, 0.1) is 5.92 Å². The Labute approximate surface area is 112 Å². The predicted molar refractivity (Wildman–Crippen MR) is 75.6 cm³/mol. The molecule has 0 radical (unpaired) electrons. The van der Waals surface area contributed by atoms with Crippen molar-refractivity contribution in [3.8, 4) is 0 Å². The molecule has 1 aliphatic rings. The van der Waals surface area contributed by atoms with Gasteiger partial charge in [-0.25, -0.2) is 4.79 Å². The molecule has 1 aromatic carbocycles. The van der Waals surface area contributed by atoms with Crippen molar-refractivity contribution in [1.29, 1.82) is 0 Å². The van der Waals surface area contributed by atoms with E-state index in [-0.39, 0.29) is 0 Å². The SMILES string of the molecule is CCSc1cccc(NCCC2CC2)c1C(=O)O. The molecule has 1 aliphatic carbocycles. The summed E-state index contributed by atoms with van der Waals surface area (Å²) in [7, 11) is 0. The molecule has 0 aromatic heterocycles. The van der Waals surface area contributed by atoms with E-state index < -0.39 is 5.97 Å². The maximum atomic E-state index is 11.4. The molecule has 2 rings (SSSR count). The fraction of sp³-hybridized carbons (Fsp3) is 0.500. The normalized spacial score (nSPS) is 14.5. The Morgan fingerprint density at radius 1 is 1.50 bits per heavy atom. The van der Waals surface area contributed by atoms with Crippen molar-refractivity contribution in [2.45, 2.75) is 31.1 Å². The van der Waals surface area contributed by atoms with E-state index in [2.05, 4.69) is 5.32 Å². The fourth-order valence-electron chi connectivity index (χ4n) is 1.99. The first-order chi connectivity index (χ1) is 8.72. The summed E-state index contributed by atoms with van der Waals surface area (Å²) in [6.07, 6.45) is 3.81. The molecule has 1 saturated carbocycles. The number of aromatic carboxylic acids is 1. The molecular formula is C14H19NO2S. The lowest BCUT2D eigenvalue weighted by Gasteiger charge is -2.12. The summed E-state index contributed by atoms with van der Waals surface area (Å²) in [5.41, 5.74) is 1.17. The Morgan fingerprint density at radius 3 is 2.89 bits per heavy atom. The Hall–Kier alpha value is -1.16. The quantitative estimate of drug-likeness (QED) is 0.738. The minimum Gasteiger partial charge on any atom is -0.478 e. The molecule has 0 unspecified atom stereocenters. The van der Waals surface area contributed by atoms with Crippen LogP contribution in [-0.2, 0) is 0 Å². The highest BCUT2D eigenvalue weighted by atomic mass is 32.2. The topological polar surface area (TPSA) is 49.3 Å². The number of carbonyl (C=O) groups is 1. The van der Waals surface area contributed by atoms with Crippen LogP contribution in [0.3, 0.4) is 0 Å². The first-order valence-electron chi connectivity index (χ1n) is 6.45. The van der Waals surface area contributed by atoms with Crippen LogP contribution in [0.2, 0.25) is 0 Å². The lowest BCUT2D eigenvalue weighted by atomic mass is 10.1. The molecule has 0 bridgehead atoms. The van der Waals surface area contributed by atoms with Crippen LogP contribution < -0.4 is 5.32 Å². The van der Waals surface area contributed by atoms with Crippen molar-refractivity contribution in [2.24, 2.45) is 5.92 Å². The molecule has 0 amide bonds. The van der Waals surface area contributed by atoms with E-state index >= 15 is 0 Å². The largest absolute Gasteiger partial charge is 0.478 e. The third kappa shape index (κ3) is 3.42. The van der Waals surface area contributed by atoms with Crippen LogP contribution in [0.25, 0.3) is 0 Å². The van der Waals surface area contributed by atoms with Crippen molar-refractivity contribution >= 4 is 23.4 Å². The van der Waals surface area contributed by atoms with Crippen LogP contribution >= 0.6 is 11.8 Å². The van der Waals surface area contributed by atoms with E-state index in [1.807, 2.05) is 25.1 Å². The number of rotatable bonds is 7. The molecule has 3 nitrogen and oxygen atoms in total. The molecule has 18 heavy (non-hydrogen) atoms. The van der Waals surface area contributed by atoms with Crippen molar-refractivity contribution in [2.75, 3.05) is 17.6 Å². The average Bonchev–Trinajstić information content (AvgIpc) is 3.13. The van der Waals surface area contributed by atoms with Crippen LogP contribution in [0.5, 0.6) is 0 Å². The summed E-state index contributed by atoms with van der Waals surface area (Å²) >= 11 is 1.58. The zero-order valence-electron chi connectivity index (χ0n) is 10.6. The zero-order chi connectivity index (χ0) is 13.0. The summed E-state index contributed by atoms with van der Waals surface area (Å²) in [6, 6.07) is 5.66. The number of benzene rings is 1. The van der Waals surface area contributed by atoms with Gasteiger partial charge < -0.3 is 10.4 Å². The van der Waals surface area contributed by atoms with E-state index in [9.17, 15) is 9.90 Å². The molecular weight excluding hydrogens is 246 g/mol. The molecule has 4 heteroatoms. The van der Waals surface area contributed by atoms with E-state index in [0.717, 1.165) is 35.2 Å². The minimum absolute atomic E-state index is 0.417. The minimum atomic E-state index is -0.847. The van der Waals surface area contributed by atoms with E-state index in [4.69, 9.17) is 0 Å². The molecule has 0 heterocycles. The van der Waals surface area contributed by atoms with Gasteiger partial charge in [-0.2, -0.15) is 0 Å². The van der Waals surface area contributed by atoms with Gasteiger partial charge >= 0.3 is 5.97 Å². The van der Waals surface area contributed by atoms with E-state index in [1.165, 1.54) is 12.8 Å². The molecule has 0 saturated heterocycles. The monoisotopic (exact) mass is 265 g/mol. The first kappa shape index (κ1) is 13.3. The number of anilines is 1. The van der Waals surface area contributed by atoms with Crippen LogP contribution in [0.1, 0.15) is 36.5 Å². The summed E-state index contributed by atoms with van der Waals surface area (Å²) in [5, 5.41) is 12.6. The third-order valence-corrected chi connectivity index (χ3v) is 4.04. The number of carboxylic acids is 1. The van der Waals surface area contributed by atoms with Crippen molar-refractivity contribution in [1.82, 2.24) is 0 Å². The van der Waals surface area contributed by atoms with Gasteiger partial charge in [0.25, 0.3) is 0 Å². The van der Waals surface area contributed by atoms with Gasteiger partial charge in [0.1, 0.15) is 0 Å². The van der Waals surface area contributed by atoms with Gasteiger partial charge in [-0.05, 0) is 30.2 Å². The number of nitrogens with one attached hydrogen (secondary N) is 1. The summed E-state index contributed by atoms with van der Waals surface area (Å²) in [5.74, 6) is 0.894. The third-order valence-electron chi connectivity index (χ3n) is 3.10. The second kappa shape index (κ2) is 6.14. The number of thioether (sulfide) groups is 1. The van der Waals surface area contributed by atoms with Gasteiger partial charge in [-0.15, -0.1) is 11.8 Å². The molecule has 2 N–H and O–H groups in total.